The first-order valence-electron chi connectivity index (χ1n) is 7.86. The predicted molar refractivity (Wildman–Crippen MR) is 83.2 cm³/mol. The fraction of sp³-hybridized carbons (Fsp3) is 1.00. The summed E-state index contributed by atoms with van der Waals surface area (Å²) in [7, 11) is 4.50. The Kier molecular flexibility index (Phi) is 10.8. The van der Waals surface area contributed by atoms with Crippen molar-refractivity contribution in [3.63, 3.8) is 0 Å². The Bertz CT molecular complexity index is 180. The lowest BCUT2D eigenvalue weighted by Crippen LogP contribution is -2.36. The molecule has 0 aromatic carbocycles. The number of likely N-dealkylation sites (N-methyl/N-ethyl adjacent to an activating group) is 2. The fourth-order valence-corrected chi connectivity index (χ4v) is 2.08. The fourth-order valence-electron chi connectivity index (χ4n) is 2.08. The first-order valence-corrected chi connectivity index (χ1v) is 7.86. The molecule has 0 aromatic rings. The van der Waals surface area contributed by atoms with Gasteiger partial charge >= 0.3 is 0 Å². The van der Waals surface area contributed by atoms with Crippen molar-refractivity contribution >= 4 is 0 Å². The standard InChI is InChI=1S/C16H36N2/c1-7-16(4)18(6)14-13-17(5)12-10-8-9-11-15(2)3/h15-16H,7-14H2,1-6H3. The number of unbranched alkanes of at least 4 members (excludes halogenated alkanes) is 2. The minimum atomic E-state index is 0.712. The lowest BCUT2D eigenvalue weighted by molar-refractivity contribution is 0.209. The van der Waals surface area contributed by atoms with Gasteiger partial charge in [-0.05, 0) is 46.3 Å². The third-order valence-electron chi connectivity index (χ3n) is 4.00. The van der Waals surface area contributed by atoms with Crippen LogP contribution in [-0.4, -0.2) is 49.6 Å². The lowest BCUT2D eigenvalue weighted by atomic mass is 10.1. The minimum Gasteiger partial charge on any atom is -0.305 e. The van der Waals surface area contributed by atoms with Gasteiger partial charge in [0.2, 0.25) is 0 Å². The van der Waals surface area contributed by atoms with E-state index in [9.17, 15) is 0 Å². The van der Waals surface area contributed by atoms with Crippen LogP contribution in [-0.2, 0) is 0 Å². The highest BCUT2D eigenvalue weighted by molar-refractivity contribution is 4.63. The summed E-state index contributed by atoms with van der Waals surface area (Å²) in [5.74, 6) is 0.868. The van der Waals surface area contributed by atoms with Gasteiger partial charge in [-0.25, -0.2) is 0 Å². The molecule has 0 rings (SSSR count). The van der Waals surface area contributed by atoms with Crippen molar-refractivity contribution in [1.29, 1.82) is 0 Å². The Balaban J connectivity index is 3.45. The highest BCUT2D eigenvalue weighted by atomic mass is 15.2. The first kappa shape index (κ1) is 17.9. The van der Waals surface area contributed by atoms with Crippen molar-refractivity contribution in [2.45, 2.75) is 65.8 Å². The zero-order valence-electron chi connectivity index (χ0n) is 13.7. The second kappa shape index (κ2) is 10.8. The van der Waals surface area contributed by atoms with E-state index in [0.717, 1.165) is 5.92 Å². The quantitative estimate of drug-likeness (QED) is 0.518. The molecule has 0 amide bonds. The van der Waals surface area contributed by atoms with Crippen molar-refractivity contribution in [2.24, 2.45) is 5.92 Å². The van der Waals surface area contributed by atoms with Gasteiger partial charge in [0.1, 0.15) is 0 Å². The molecule has 2 heteroatoms. The summed E-state index contributed by atoms with van der Waals surface area (Å²) in [5.41, 5.74) is 0. The molecule has 1 unspecified atom stereocenters. The van der Waals surface area contributed by atoms with E-state index in [1.807, 2.05) is 0 Å². The maximum atomic E-state index is 2.48. The van der Waals surface area contributed by atoms with Crippen molar-refractivity contribution in [3.05, 3.63) is 0 Å². The molecule has 0 spiro atoms. The molecule has 0 fully saturated rings. The molecule has 0 bridgehead atoms. The van der Waals surface area contributed by atoms with Crippen molar-refractivity contribution in [2.75, 3.05) is 33.7 Å². The topological polar surface area (TPSA) is 6.48 Å². The van der Waals surface area contributed by atoms with E-state index in [1.165, 1.54) is 51.7 Å². The van der Waals surface area contributed by atoms with Crippen LogP contribution >= 0.6 is 0 Å². The van der Waals surface area contributed by atoms with Crippen molar-refractivity contribution in [1.82, 2.24) is 9.80 Å². The molecule has 0 aliphatic carbocycles. The second-order valence-corrected chi connectivity index (χ2v) is 6.28. The molecule has 0 radical (unpaired) electrons. The summed E-state index contributed by atoms with van der Waals surface area (Å²) in [6, 6.07) is 0.712. The van der Waals surface area contributed by atoms with Gasteiger partial charge in [-0.3, -0.25) is 0 Å². The summed E-state index contributed by atoms with van der Waals surface area (Å²) in [6.07, 6.45) is 6.79. The number of hydrogen-bond donors (Lipinski definition) is 0. The van der Waals surface area contributed by atoms with Gasteiger partial charge in [0.15, 0.2) is 0 Å². The Morgan fingerprint density at radius 1 is 0.833 bits per heavy atom. The molecule has 0 aromatic heterocycles. The van der Waals surface area contributed by atoms with Crippen LogP contribution < -0.4 is 0 Å². The Morgan fingerprint density at radius 2 is 1.50 bits per heavy atom. The van der Waals surface area contributed by atoms with E-state index in [-0.39, 0.29) is 0 Å². The minimum absolute atomic E-state index is 0.712. The Hall–Kier alpha value is -0.0800. The molecule has 18 heavy (non-hydrogen) atoms. The number of hydrogen-bond acceptors (Lipinski definition) is 2. The van der Waals surface area contributed by atoms with E-state index in [2.05, 4.69) is 51.6 Å². The second-order valence-electron chi connectivity index (χ2n) is 6.28. The zero-order chi connectivity index (χ0) is 14.0. The zero-order valence-corrected chi connectivity index (χ0v) is 13.7. The highest BCUT2D eigenvalue weighted by Gasteiger charge is 2.07. The number of nitrogens with zero attached hydrogens (tertiary/aromatic N) is 2. The molecule has 1 atom stereocenters. The van der Waals surface area contributed by atoms with Crippen LogP contribution in [0, 0.1) is 5.92 Å². The molecule has 0 aliphatic heterocycles. The molecule has 0 saturated carbocycles. The van der Waals surface area contributed by atoms with Gasteiger partial charge in [0.05, 0.1) is 0 Å². The van der Waals surface area contributed by atoms with Crippen LogP contribution in [0.5, 0.6) is 0 Å². The monoisotopic (exact) mass is 256 g/mol. The van der Waals surface area contributed by atoms with Gasteiger partial charge in [0.25, 0.3) is 0 Å². The van der Waals surface area contributed by atoms with E-state index >= 15 is 0 Å². The Labute approximate surface area is 116 Å². The van der Waals surface area contributed by atoms with E-state index in [1.54, 1.807) is 0 Å². The first-order chi connectivity index (χ1) is 8.47. The number of rotatable bonds is 11. The smallest absolute Gasteiger partial charge is 0.0109 e. The maximum Gasteiger partial charge on any atom is 0.0109 e. The van der Waals surface area contributed by atoms with Gasteiger partial charge in [-0.1, -0.05) is 40.0 Å². The van der Waals surface area contributed by atoms with E-state index in [4.69, 9.17) is 0 Å². The van der Waals surface area contributed by atoms with Crippen molar-refractivity contribution < 1.29 is 0 Å². The summed E-state index contributed by atoms with van der Waals surface area (Å²) >= 11 is 0. The molecule has 2 nitrogen and oxygen atoms in total. The van der Waals surface area contributed by atoms with Gasteiger partial charge in [-0.2, -0.15) is 0 Å². The van der Waals surface area contributed by atoms with Crippen LogP contribution in [0.25, 0.3) is 0 Å². The average molecular weight is 256 g/mol. The molecule has 0 aliphatic rings. The van der Waals surface area contributed by atoms with Crippen molar-refractivity contribution in [3.8, 4) is 0 Å². The molecular formula is C16H36N2. The third-order valence-corrected chi connectivity index (χ3v) is 4.00. The van der Waals surface area contributed by atoms with Gasteiger partial charge in [-0.15, -0.1) is 0 Å². The molecule has 0 N–H and O–H groups in total. The molecular weight excluding hydrogens is 220 g/mol. The summed E-state index contributed by atoms with van der Waals surface area (Å²) in [5, 5.41) is 0. The average Bonchev–Trinajstić information content (AvgIpc) is 2.34. The molecule has 0 saturated heterocycles. The largest absolute Gasteiger partial charge is 0.305 e. The van der Waals surface area contributed by atoms with Gasteiger partial charge < -0.3 is 9.80 Å². The third kappa shape index (κ3) is 9.90. The van der Waals surface area contributed by atoms with Crippen LogP contribution in [0.1, 0.15) is 59.8 Å². The molecule has 0 heterocycles. The maximum absolute atomic E-state index is 2.48. The SMILES string of the molecule is CCC(C)N(C)CCN(C)CCCCCC(C)C. The normalized spacial score (nSPS) is 13.8. The van der Waals surface area contributed by atoms with E-state index in [0.29, 0.717) is 6.04 Å². The van der Waals surface area contributed by atoms with Crippen LogP contribution in [0.2, 0.25) is 0 Å². The van der Waals surface area contributed by atoms with Crippen LogP contribution in [0.15, 0.2) is 0 Å². The summed E-state index contributed by atoms with van der Waals surface area (Å²) in [4.78, 5) is 4.95. The predicted octanol–water partition coefficient (Wildman–Crippen LogP) is 3.86. The highest BCUT2D eigenvalue weighted by Crippen LogP contribution is 2.08. The summed E-state index contributed by atoms with van der Waals surface area (Å²) < 4.78 is 0. The summed E-state index contributed by atoms with van der Waals surface area (Å²) in [6.45, 7) is 12.9. The Morgan fingerprint density at radius 3 is 2.06 bits per heavy atom. The van der Waals surface area contributed by atoms with Crippen LogP contribution in [0.3, 0.4) is 0 Å². The van der Waals surface area contributed by atoms with Gasteiger partial charge in [0, 0.05) is 19.1 Å². The lowest BCUT2D eigenvalue weighted by Gasteiger charge is -2.26. The molecule has 110 valence electrons. The van der Waals surface area contributed by atoms with E-state index < -0.39 is 0 Å². The van der Waals surface area contributed by atoms with Crippen LogP contribution in [0.4, 0.5) is 0 Å².